The van der Waals surface area contributed by atoms with E-state index in [1.807, 2.05) is 6.07 Å². The number of anilines is 1. The molecule has 0 saturated carbocycles. The molecule has 4 rings (SSSR count). The molecular weight excluding hydrogens is 444 g/mol. The van der Waals surface area contributed by atoms with Crippen molar-refractivity contribution in [2.75, 3.05) is 5.32 Å². The van der Waals surface area contributed by atoms with E-state index >= 15 is 0 Å². The number of furan rings is 1. The van der Waals surface area contributed by atoms with Crippen LogP contribution in [-0.2, 0) is 19.4 Å². The molecule has 32 heavy (non-hydrogen) atoms. The first kappa shape index (κ1) is 22.6. The number of hydrogen-bond acceptors (Lipinski definition) is 4. The van der Waals surface area contributed by atoms with Gasteiger partial charge in [0.15, 0.2) is 0 Å². The second kappa shape index (κ2) is 9.12. The Labute approximate surface area is 197 Å². The Morgan fingerprint density at radius 1 is 1.16 bits per heavy atom. The average molecular weight is 471 g/mol. The number of carbonyl (C=O) groups is 2. The molecule has 0 saturated heterocycles. The van der Waals surface area contributed by atoms with Gasteiger partial charge in [-0.05, 0) is 72.6 Å². The van der Waals surface area contributed by atoms with Gasteiger partial charge in [0, 0.05) is 15.5 Å². The van der Waals surface area contributed by atoms with Gasteiger partial charge in [0.25, 0.3) is 11.8 Å². The first-order valence-electron chi connectivity index (χ1n) is 10.7. The Hall–Kier alpha value is -2.57. The topological polar surface area (TPSA) is 71.3 Å². The summed E-state index contributed by atoms with van der Waals surface area (Å²) >= 11 is 7.47. The summed E-state index contributed by atoms with van der Waals surface area (Å²) in [6.45, 7) is 7.08. The van der Waals surface area contributed by atoms with E-state index in [4.69, 9.17) is 16.0 Å². The Morgan fingerprint density at radius 2 is 1.91 bits per heavy atom. The third kappa shape index (κ3) is 4.92. The van der Waals surface area contributed by atoms with Crippen LogP contribution in [0.5, 0.6) is 0 Å². The smallest absolute Gasteiger partial charge is 0.256 e. The Bertz CT molecular complexity index is 1110. The standard InChI is InChI=1S/C25H27ClN2O3S/c1-25(2,3)16-8-11-19-20(13-16)32-24(28-22(29)15-6-9-17(26)10-7-15)21(19)23(30)27-14-18-5-4-12-31-18/h4-7,9-10,12,16H,8,11,13-14H2,1-3H3,(H,27,30)(H,28,29)/t16-/m0/s1. The lowest BCUT2D eigenvalue weighted by atomic mass is 9.72. The average Bonchev–Trinajstić information content (AvgIpc) is 3.38. The van der Waals surface area contributed by atoms with Crippen molar-refractivity contribution in [2.45, 2.75) is 46.6 Å². The SMILES string of the molecule is CC(C)(C)[C@H]1CCc2c(sc(NC(=O)c3ccc(Cl)cc3)c2C(=O)NCc2ccco2)C1. The van der Waals surface area contributed by atoms with Crippen molar-refractivity contribution in [3.63, 3.8) is 0 Å². The Morgan fingerprint density at radius 3 is 2.56 bits per heavy atom. The summed E-state index contributed by atoms with van der Waals surface area (Å²) in [5.41, 5.74) is 2.32. The lowest BCUT2D eigenvalue weighted by Crippen LogP contribution is -2.28. The summed E-state index contributed by atoms with van der Waals surface area (Å²) in [6.07, 6.45) is 4.35. The van der Waals surface area contributed by atoms with E-state index in [0.717, 1.165) is 24.8 Å². The van der Waals surface area contributed by atoms with E-state index in [1.165, 1.54) is 16.2 Å². The minimum atomic E-state index is -0.257. The molecule has 1 atom stereocenters. The molecular formula is C25H27ClN2O3S. The van der Waals surface area contributed by atoms with Crippen LogP contribution in [0.3, 0.4) is 0 Å². The lowest BCUT2D eigenvalue weighted by Gasteiger charge is -2.33. The van der Waals surface area contributed by atoms with Crippen molar-refractivity contribution in [3.8, 4) is 0 Å². The highest BCUT2D eigenvalue weighted by atomic mass is 35.5. The molecule has 1 aromatic carbocycles. The van der Waals surface area contributed by atoms with Crippen LogP contribution in [0.15, 0.2) is 47.1 Å². The molecule has 0 unspecified atom stereocenters. The van der Waals surface area contributed by atoms with Gasteiger partial charge in [-0.25, -0.2) is 0 Å². The van der Waals surface area contributed by atoms with Crippen molar-refractivity contribution in [2.24, 2.45) is 11.3 Å². The molecule has 1 aliphatic rings. The van der Waals surface area contributed by atoms with Crippen molar-refractivity contribution in [1.29, 1.82) is 0 Å². The highest BCUT2D eigenvalue weighted by molar-refractivity contribution is 7.17. The van der Waals surface area contributed by atoms with Gasteiger partial charge in [-0.3, -0.25) is 9.59 Å². The summed E-state index contributed by atoms with van der Waals surface area (Å²) in [5.74, 6) is 0.765. The van der Waals surface area contributed by atoms with Crippen molar-refractivity contribution >= 4 is 39.8 Å². The Balaban J connectivity index is 1.63. The van der Waals surface area contributed by atoms with Gasteiger partial charge in [-0.15, -0.1) is 11.3 Å². The van der Waals surface area contributed by atoms with Crippen molar-refractivity contribution < 1.29 is 14.0 Å². The zero-order valence-corrected chi connectivity index (χ0v) is 20.0. The minimum absolute atomic E-state index is 0.191. The largest absolute Gasteiger partial charge is 0.467 e. The van der Waals surface area contributed by atoms with Gasteiger partial charge in [-0.2, -0.15) is 0 Å². The minimum Gasteiger partial charge on any atom is -0.467 e. The third-order valence-electron chi connectivity index (χ3n) is 6.05. The lowest BCUT2D eigenvalue weighted by molar-refractivity contribution is 0.0947. The zero-order chi connectivity index (χ0) is 22.9. The predicted molar refractivity (Wildman–Crippen MR) is 129 cm³/mol. The van der Waals surface area contributed by atoms with E-state index < -0.39 is 0 Å². The number of hydrogen-bond donors (Lipinski definition) is 2. The van der Waals surface area contributed by atoms with Crippen LogP contribution in [-0.4, -0.2) is 11.8 Å². The second-order valence-corrected chi connectivity index (χ2v) is 10.8. The molecule has 0 spiro atoms. The first-order valence-corrected chi connectivity index (χ1v) is 11.9. The number of benzene rings is 1. The number of thiophene rings is 1. The highest BCUT2D eigenvalue weighted by Gasteiger charge is 2.34. The third-order valence-corrected chi connectivity index (χ3v) is 7.48. The molecule has 0 bridgehead atoms. The summed E-state index contributed by atoms with van der Waals surface area (Å²) in [6, 6.07) is 10.3. The fraction of sp³-hybridized carbons (Fsp3) is 0.360. The summed E-state index contributed by atoms with van der Waals surface area (Å²) in [7, 11) is 0. The molecule has 2 heterocycles. The molecule has 1 aliphatic carbocycles. The summed E-state index contributed by atoms with van der Waals surface area (Å²) in [5, 5.41) is 7.10. The highest BCUT2D eigenvalue weighted by Crippen LogP contribution is 2.44. The number of fused-ring (bicyclic) bond motifs is 1. The van der Waals surface area contributed by atoms with E-state index in [1.54, 1.807) is 36.6 Å². The van der Waals surface area contributed by atoms with Crippen LogP contribution in [0.4, 0.5) is 5.00 Å². The van der Waals surface area contributed by atoms with E-state index in [0.29, 0.717) is 39.4 Å². The van der Waals surface area contributed by atoms with Crippen LogP contribution in [0, 0.1) is 11.3 Å². The Kier molecular flexibility index (Phi) is 6.45. The molecule has 0 aliphatic heterocycles. The monoisotopic (exact) mass is 470 g/mol. The van der Waals surface area contributed by atoms with E-state index in [2.05, 4.69) is 31.4 Å². The van der Waals surface area contributed by atoms with Crippen molar-refractivity contribution in [3.05, 3.63) is 75.0 Å². The molecule has 168 valence electrons. The molecule has 2 N–H and O–H groups in total. The fourth-order valence-corrected chi connectivity index (χ4v) is 5.54. The molecule has 2 aromatic heterocycles. The van der Waals surface area contributed by atoms with Gasteiger partial charge >= 0.3 is 0 Å². The maximum absolute atomic E-state index is 13.2. The molecule has 0 fully saturated rings. The van der Waals surface area contributed by atoms with Crippen LogP contribution in [0.25, 0.3) is 0 Å². The maximum atomic E-state index is 13.2. The number of halogens is 1. The number of nitrogens with one attached hydrogen (secondary N) is 2. The summed E-state index contributed by atoms with van der Waals surface area (Å²) in [4.78, 5) is 27.3. The van der Waals surface area contributed by atoms with Crippen LogP contribution >= 0.6 is 22.9 Å². The van der Waals surface area contributed by atoms with Gasteiger partial charge in [-0.1, -0.05) is 32.4 Å². The van der Waals surface area contributed by atoms with Crippen LogP contribution in [0.2, 0.25) is 5.02 Å². The van der Waals surface area contributed by atoms with E-state index in [9.17, 15) is 9.59 Å². The first-order chi connectivity index (χ1) is 15.2. The number of carbonyl (C=O) groups excluding carboxylic acids is 2. The van der Waals surface area contributed by atoms with Gasteiger partial charge in [0.2, 0.25) is 0 Å². The van der Waals surface area contributed by atoms with Gasteiger partial charge in [0.05, 0.1) is 18.4 Å². The molecule has 3 aromatic rings. The van der Waals surface area contributed by atoms with Crippen LogP contribution in [0.1, 0.15) is 64.1 Å². The van der Waals surface area contributed by atoms with Gasteiger partial charge in [0.1, 0.15) is 10.8 Å². The molecule has 7 heteroatoms. The number of amides is 2. The van der Waals surface area contributed by atoms with Crippen LogP contribution < -0.4 is 10.6 Å². The summed E-state index contributed by atoms with van der Waals surface area (Å²) < 4.78 is 5.34. The normalized spacial score (nSPS) is 15.8. The molecule has 5 nitrogen and oxygen atoms in total. The zero-order valence-electron chi connectivity index (χ0n) is 18.5. The molecule has 2 amide bonds. The maximum Gasteiger partial charge on any atom is 0.256 e. The van der Waals surface area contributed by atoms with Crippen molar-refractivity contribution in [1.82, 2.24) is 5.32 Å². The van der Waals surface area contributed by atoms with E-state index in [-0.39, 0.29) is 17.2 Å². The van der Waals surface area contributed by atoms with Gasteiger partial charge < -0.3 is 15.1 Å². The fourth-order valence-electron chi connectivity index (χ4n) is 4.10. The number of rotatable bonds is 5. The quantitative estimate of drug-likeness (QED) is 0.457. The molecule has 0 radical (unpaired) electrons. The predicted octanol–water partition coefficient (Wildman–Crippen LogP) is 6.33. The second-order valence-electron chi connectivity index (χ2n) is 9.24.